The third kappa shape index (κ3) is 12.9. The number of hydrogen-bond donors (Lipinski definition) is 1. The highest BCUT2D eigenvalue weighted by Gasteiger charge is 2.25. The Labute approximate surface area is 270 Å². The number of rotatable bonds is 22. The molecule has 0 saturated heterocycles. The van der Waals surface area contributed by atoms with Crippen molar-refractivity contribution in [1.82, 2.24) is 0 Å². The number of ether oxygens (including phenoxy) is 1. The normalized spacial score (nSPS) is 12.6. The van der Waals surface area contributed by atoms with E-state index in [0.717, 1.165) is 29.3 Å². The molecule has 1 unspecified atom stereocenters. The molecule has 0 radical (unpaired) electrons. The van der Waals surface area contributed by atoms with Gasteiger partial charge in [-0.2, -0.15) is 4.57 Å². The van der Waals surface area contributed by atoms with Crippen LogP contribution in [0.2, 0.25) is 0 Å². The molecule has 0 aliphatic carbocycles. The summed E-state index contributed by atoms with van der Waals surface area (Å²) in [5.41, 5.74) is 2.04. The maximum absolute atomic E-state index is 12.9. The van der Waals surface area contributed by atoms with Gasteiger partial charge in [0.2, 0.25) is 5.52 Å². The van der Waals surface area contributed by atoms with E-state index in [9.17, 15) is 9.46 Å². The summed E-state index contributed by atoms with van der Waals surface area (Å²) in [5.74, 6) is 1.10. The second-order valence-electron chi connectivity index (χ2n) is 11.9. The standard InChI is InChI=1S/C38H50NO5P/c1-2-3-4-5-6-7-8-9-10-11-12-13-14-17-29-42-35-24-19-26-37(31-35)44-45(40,41)43-36-25-18-21-33(30-36)32-39-28-20-23-34-22-15-16-27-38(34)39/h15-16,18-28,30-31H,2-14,17,29,32H2,1H3/p+1. The fourth-order valence-corrected chi connectivity index (χ4v) is 6.45. The molecule has 1 heterocycles. The highest BCUT2D eigenvalue weighted by Crippen LogP contribution is 2.45. The van der Waals surface area contributed by atoms with Crippen molar-refractivity contribution in [2.45, 2.75) is 103 Å². The van der Waals surface area contributed by atoms with Crippen LogP contribution in [0.15, 0.2) is 91.1 Å². The summed E-state index contributed by atoms with van der Waals surface area (Å²) in [7, 11) is -4.42. The average Bonchev–Trinajstić information content (AvgIpc) is 3.03. The summed E-state index contributed by atoms with van der Waals surface area (Å²) in [6.07, 6.45) is 20.4. The summed E-state index contributed by atoms with van der Waals surface area (Å²) < 4.78 is 31.7. The monoisotopic (exact) mass is 632 g/mol. The van der Waals surface area contributed by atoms with Crippen molar-refractivity contribution in [3.8, 4) is 17.2 Å². The van der Waals surface area contributed by atoms with Crippen molar-refractivity contribution in [2.75, 3.05) is 6.61 Å². The summed E-state index contributed by atoms with van der Waals surface area (Å²) >= 11 is 0. The van der Waals surface area contributed by atoms with Crippen LogP contribution in [0.5, 0.6) is 17.2 Å². The number of pyridine rings is 1. The van der Waals surface area contributed by atoms with Gasteiger partial charge in [-0.3, -0.25) is 4.89 Å². The zero-order valence-electron chi connectivity index (χ0n) is 26.9. The van der Waals surface area contributed by atoms with E-state index < -0.39 is 7.82 Å². The summed E-state index contributed by atoms with van der Waals surface area (Å²) in [6.45, 7) is 3.47. The smallest absolute Gasteiger partial charge is 0.493 e. The van der Waals surface area contributed by atoms with Crippen molar-refractivity contribution in [3.63, 3.8) is 0 Å². The zero-order valence-corrected chi connectivity index (χ0v) is 27.8. The van der Waals surface area contributed by atoms with Crippen molar-refractivity contribution in [3.05, 3.63) is 96.7 Å². The maximum atomic E-state index is 12.9. The van der Waals surface area contributed by atoms with Crippen molar-refractivity contribution in [1.29, 1.82) is 0 Å². The predicted molar refractivity (Wildman–Crippen MR) is 183 cm³/mol. The molecule has 0 bridgehead atoms. The molecule has 1 N–H and O–H groups in total. The minimum absolute atomic E-state index is 0.224. The Hall–Kier alpha value is -3.34. The van der Waals surface area contributed by atoms with Gasteiger partial charge in [-0.1, -0.05) is 121 Å². The molecule has 242 valence electrons. The third-order valence-electron chi connectivity index (χ3n) is 8.05. The van der Waals surface area contributed by atoms with E-state index in [1.54, 1.807) is 30.3 Å². The van der Waals surface area contributed by atoms with Gasteiger partial charge in [-0.25, -0.2) is 4.57 Å². The molecule has 1 atom stereocenters. The average molecular weight is 633 g/mol. The SMILES string of the molecule is CCCCCCCCCCCCCCCCOc1cccc(OP(=O)(O)Oc2cccc(C[n+]3cccc4ccccc43)c2)c1. The molecule has 0 aliphatic heterocycles. The molecule has 0 saturated carbocycles. The second kappa shape index (κ2) is 19.2. The largest absolute Gasteiger partial charge is 0.584 e. The highest BCUT2D eigenvalue weighted by atomic mass is 31.2. The van der Waals surface area contributed by atoms with Gasteiger partial charge in [0.1, 0.15) is 17.2 Å². The van der Waals surface area contributed by atoms with E-state index in [-0.39, 0.29) is 11.5 Å². The summed E-state index contributed by atoms with van der Waals surface area (Å²) in [5, 5.41) is 1.14. The third-order valence-corrected chi connectivity index (χ3v) is 8.94. The molecule has 1 aromatic heterocycles. The first-order valence-electron chi connectivity index (χ1n) is 16.9. The van der Waals surface area contributed by atoms with E-state index >= 15 is 0 Å². The van der Waals surface area contributed by atoms with Crippen molar-refractivity contribution >= 4 is 18.7 Å². The number of benzene rings is 3. The Bertz CT molecular complexity index is 1470. The van der Waals surface area contributed by atoms with Crippen molar-refractivity contribution in [2.24, 2.45) is 0 Å². The van der Waals surface area contributed by atoms with E-state index in [1.807, 2.05) is 42.6 Å². The summed E-state index contributed by atoms with van der Waals surface area (Å²) in [6, 6.07) is 26.3. The fourth-order valence-electron chi connectivity index (χ4n) is 5.65. The number of nitrogens with zero attached hydrogens (tertiary/aromatic N) is 1. The first-order chi connectivity index (χ1) is 22.0. The Morgan fingerprint density at radius 1 is 0.622 bits per heavy atom. The van der Waals surface area contributed by atoms with Crippen LogP contribution in [-0.2, 0) is 11.1 Å². The molecule has 4 rings (SSSR count). The van der Waals surface area contributed by atoms with Gasteiger partial charge in [0.15, 0.2) is 12.7 Å². The van der Waals surface area contributed by atoms with E-state index in [2.05, 4.69) is 29.7 Å². The van der Waals surface area contributed by atoms with Crippen LogP contribution in [0, 0.1) is 0 Å². The van der Waals surface area contributed by atoms with Crippen LogP contribution in [0.4, 0.5) is 0 Å². The van der Waals surface area contributed by atoms with Gasteiger partial charge in [0, 0.05) is 29.1 Å². The number of fused-ring (bicyclic) bond motifs is 1. The molecule has 0 spiro atoms. The van der Waals surface area contributed by atoms with Gasteiger partial charge in [0.25, 0.3) is 0 Å². The van der Waals surface area contributed by atoms with Crippen LogP contribution in [-0.4, -0.2) is 11.5 Å². The fraction of sp³-hybridized carbons (Fsp3) is 0.447. The van der Waals surface area contributed by atoms with E-state index in [4.69, 9.17) is 13.8 Å². The number of para-hydroxylation sites is 1. The predicted octanol–water partition coefficient (Wildman–Crippen LogP) is 10.6. The van der Waals surface area contributed by atoms with E-state index in [1.165, 1.54) is 77.0 Å². The second-order valence-corrected chi connectivity index (χ2v) is 13.2. The maximum Gasteiger partial charge on any atom is 0.584 e. The molecule has 7 heteroatoms. The molecule has 0 amide bonds. The lowest BCUT2D eigenvalue weighted by atomic mass is 10.0. The number of hydrogen-bond acceptors (Lipinski definition) is 4. The van der Waals surface area contributed by atoms with E-state index in [0.29, 0.717) is 18.9 Å². The van der Waals surface area contributed by atoms with Gasteiger partial charge < -0.3 is 13.8 Å². The van der Waals surface area contributed by atoms with Crippen LogP contribution < -0.4 is 18.4 Å². The van der Waals surface area contributed by atoms with Crippen LogP contribution in [0.25, 0.3) is 10.9 Å². The number of unbranched alkanes of at least 4 members (excludes halogenated alkanes) is 13. The summed E-state index contributed by atoms with van der Waals surface area (Å²) in [4.78, 5) is 10.5. The highest BCUT2D eigenvalue weighted by molar-refractivity contribution is 7.48. The molecule has 6 nitrogen and oxygen atoms in total. The Morgan fingerprint density at radius 2 is 1.18 bits per heavy atom. The molecule has 0 fully saturated rings. The minimum atomic E-state index is -4.42. The van der Waals surface area contributed by atoms with Crippen molar-refractivity contribution < 1.29 is 27.8 Å². The molecular weight excluding hydrogens is 581 g/mol. The quantitative estimate of drug-likeness (QED) is 0.0530. The van der Waals surface area contributed by atoms with Gasteiger partial charge in [-0.15, -0.1) is 0 Å². The number of phosphoric ester groups is 1. The Balaban J connectivity index is 1.13. The first kappa shape index (κ1) is 34.5. The lowest BCUT2D eigenvalue weighted by Crippen LogP contribution is -2.34. The van der Waals surface area contributed by atoms with Crippen LogP contribution in [0.3, 0.4) is 0 Å². The lowest BCUT2D eigenvalue weighted by Gasteiger charge is -2.15. The molecule has 45 heavy (non-hydrogen) atoms. The zero-order chi connectivity index (χ0) is 31.6. The lowest BCUT2D eigenvalue weighted by molar-refractivity contribution is -0.662. The van der Waals surface area contributed by atoms with Crippen LogP contribution in [0.1, 0.15) is 102 Å². The molecule has 0 aliphatic rings. The molecular formula is C38H51NO5P+. The topological polar surface area (TPSA) is 68.9 Å². The van der Waals surface area contributed by atoms with Gasteiger partial charge in [0.05, 0.1) is 6.61 Å². The molecule has 3 aromatic carbocycles. The van der Waals surface area contributed by atoms with Gasteiger partial charge in [-0.05, 0) is 42.8 Å². The Morgan fingerprint density at radius 3 is 1.87 bits per heavy atom. The Kier molecular flexibility index (Phi) is 14.8. The van der Waals surface area contributed by atoms with Crippen LogP contribution >= 0.6 is 7.82 Å². The first-order valence-corrected chi connectivity index (χ1v) is 18.4. The number of phosphoric acid groups is 1. The molecule has 4 aromatic rings. The number of aromatic nitrogens is 1. The van der Waals surface area contributed by atoms with Gasteiger partial charge >= 0.3 is 7.82 Å². The minimum Gasteiger partial charge on any atom is -0.493 e.